The number of carboxylic acids is 1. The minimum atomic E-state index is -2.07. The predicted octanol–water partition coefficient (Wildman–Crippen LogP) is -8.86. The summed E-state index contributed by atoms with van der Waals surface area (Å²) >= 11 is 15.9. The second-order valence-electron chi connectivity index (χ2n) is 24.3. The molecule has 4 aliphatic heterocycles. The number of likely N-dealkylation sites (tertiary alicyclic amines) is 1. The van der Waals surface area contributed by atoms with Crippen LogP contribution in [0.1, 0.15) is 94.4 Å². The fourth-order valence-corrected chi connectivity index (χ4v) is 11.5. The van der Waals surface area contributed by atoms with Gasteiger partial charge in [-0.15, -0.1) is 0 Å². The van der Waals surface area contributed by atoms with Crippen molar-refractivity contribution in [1.82, 2.24) is 58.1 Å². The lowest BCUT2D eigenvalue weighted by Crippen LogP contribution is -2.70. The summed E-state index contributed by atoms with van der Waals surface area (Å²) in [5, 5.41) is 122. The summed E-state index contributed by atoms with van der Waals surface area (Å²) in [5.41, 5.74) is 5.22. The van der Waals surface area contributed by atoms with E-state index in [-0.39, 0.29) is 46.7 Å². The van der Waals surface area contributed by atoms with Gasteiger partial charge < -0.3 is 138 Å². The van der Waals surface area contributed by atoms with Gasteiger partial charge in [0.15, 0.2) is 18.9 Å². The van der Waals surface area contributed by atoms with Gasteiger partial charge in [-0.2, -0.15) is 0 Å². The highest BCUT2D eigenvalue weighted by Gasteiger charge is 2.54. The van der Waals surface area contributed by atoms with Gasteiger partial charge in [-0.25, -0.2) is 0 Å². The molecule has 0 radical (unpaired) electrons. The molecule has 0 aromatic rings. The van der Waals surface area contributed by atoms with Gasteiger partial charge in [0.25, 0.3) is 0 Å². The molecule has 4 fully saturated rings. The van der Waals surface area contributed by atoms with Crippen molar-refractivity contribution >= 4 is 111 Å². The average Bonchev–Trinajstić information content (AvgIpc) is 1.31. The number of carboxylic acid groups (broad SMARTS) is 1. The van der Waals surface area contributed by atoms with Crippen LogP contribution in [0.4, 0.5) is 0 Å². The van der Waals surface area contributed by atoms with Crippen LogP contribution in [0.5, 0.6) is 0 Å². The Hall–Kier alpha value is -6.19. The van der Waals surface area contributed by atoms with Gasteiger partial charge in [-0.05, 0) is 73.1 Å². The van der Waals surface area contributed by atoms with E-state index < -0.39 is 239 Å². The number of ether oxygens (including phenoxy) is 6. The van der Waals surface area contributed by atoms with Crippen LogP contribution in [0.2, 0.25) is 0 Å². The fraction of sp³-hybridized carbons (Fsp3) is 0.772. The van der Waals surface area contributed by atoms with Crippen molar-refractivity contribution in [1.29, 1.82) is 0 Å². The van der Waals surface area contributed by atoms with Crippen LogP contribution in [0, 0.1) is 5.92 Å². The number of hydrogen-bond acceptors (Lipinski definition) is 27. The molecule has 0 bridgehead atoms. The van der Waals surface area contributed by atoms with E-state index >= 15 is 4.79 Å². The molecule has 0 saturated carbocycles. The molecule has 97 heavy (non-hydrogen) atoms. The summed E-state index contributed by atoms with van der Waals surface area (Å²) in [7, 11) is 0. The zero-order valence-electron chi connectivity index (χ0n) is 54.9. The number of hydrogen-bond donors (Lipinski definition) is 20. The Labute approximate surface area is 574 Å². The molecule has 9 amide bonds. The van der Waals surface area contributed by atoms with E-state index in [0.717, 1.165) is 11.8 Å². The first-order chi connectivity index (χ1) is 45.4. The molecule has 4 rings (SSSR count). The number of nitrogens with two attached hydrogens (primary N) is 1. The van der Waals surface area contributed by atoms with E-state index in [4.69, 9.17) is 70.8 Å². The molecule has 0 aromatic heterocycles. The maximum absolute atomic E-state index is 15.4. The quantitative estimate of drug-likeness (QED) is 0.0266. The first-order valence-electron chi connectivity index (χ1n) is 31.3. The van der Waals surface area contributed by atoms with E-state index in [1.54, 1.807) is 13.8 Å². The molecule has 23 atom stereocenters. The smallest absolute Gasteiger partial charge is 0.303 e. The summed E-state index contributed by atoms with van der Waals surface area (Å²) in [5.74, 6) is -10.3. The van der Waals surface area contributed by atoms with Crippen LogP contribution in [0.15, 0.2) is 0 Å². The maximum atomic E-state index is 15.4. The molecular formula is C57H94N12O25S3. The highest BCUT2D eigenvalue weighted by molar-refractivity contribution is 7.80. The van der Waals surface area contributed by atoms with Crippen LogP contribution >= 0.6 is 36.7 Å². The topological polar surface area (TPSA) is 558 Å². The minimum Gasteiger partial charge on any atom is -0.481 e. The van der Waals surface area contributed by atoms with Crippen molar-refractivity contribution in [2.24, 2.45) is 11.7 Å². The molecule has 550 valence electrons. The molecule has 0 aliphatic carbocycles. The van der Waals surface area contributed by atoms with E-state index in [2.05, 4.69) is 53.2 Å². The van der Waals surface area contributed by atoms with Crippen LogP contribution in [-0.4, -0.2) is 305 Å². The van der Waals surface area contributed by atoms with E-state index in [1.807, 2.05) is 0 Å². The Morgan fingerprint density at radius 3 is 1.54 bits per heavy atom. The molecule has 0 unspecified atom stereocenters. The van der Waals surface area contributed by atoms with Crippen LogP contribution < -0.4 is 58.9 Å². The highest BCUT2D eigenvalue weighted by atomic mass is 32.1. The Bertz CT molecular complexity index is 2790. The van der Waals surface area contributed by atoms with Gasteiger partial charge in [-0.1, -0.05) is 50.5 Å². The molecule has 37 nitrogen and oxygen atoms in total. The van der Waals surface area contributed by atoms with Gasteiger partial charge in [0, 0.05) is 19.9 Å². The second kappa shape index (κ2) is 39.0. The van der Waals surface area contributed by atoms with Crippen molar-refractivity contribution in [2.45, 2.75) is 235 Å². The van der Waals surface area contributed by atoms with E-state index in [0.29, 0.717) is 6.42 Å². The Balaban J connectivity index is 1.84. The number of carbonyl (C=O) groups excluding carboxylic acids is 9. The van der Waals surface area contributed by atoms with Crippen LogP contribution in [0.25, 0.3) is 0 Å². The summed E-state index contributed by atoms with van der Waals surface area (Å²) in [6.45, 7) is 8.26. The summed E-state index contributed by atoms with van der Waals surface area (Å²) < 4.78 is 36.8. The van der Waals surface area contributed by atoms with Gasteiger partial charge in [0.1, 0.15) is 109 Å². The number of nitrogens with zero attached hydrogens (tertiary/aromatic N) is 1. The third-order valence-corrected chi connectivity index (χ3v) is 16.3. The lowest BCUT2D eigenvalue weighted by Gasteiger charge is -2.49. The zero-order valence-corrected chi connectivity index (χ0v) is 57.4. The minimum absolute atomic E-state index is 0.00495. The number of primary amides is 1. The highest BCUT2D eigenvalue weighted by Crippen LogP contribution is 2.32. The maximum Gasteiger partial charge on any atom is 0.303 e. The molecule has 4 heterocycles. The Morgan fingerprint density at radius 1 is 0.567 bits per heavy atom. The monoisotopic (exact) mass is 1440 g/mol. The van der Waals surface area contributed by atoms with Crippen molar-refractivity contribution in [2.75, 3.05) is 39.5 Å². The molecule has 0 aromatic carbocycles. The molecule has 21 N–H and O–H groups in total. The Morgan fingerprint density at radius 2 is 1.04 bits per heavy atom. The lowest BCUT2D eigenvalue weighted by molar-refractivity contribution is -0.331. The summed E-state index contributed by atoms with van der Waals surface area (Å²) in [4.78, 5) is 136. The Kier molecular flexibility index (Phi) is 33.4. The molecular weight excluding hydrogens is 1350 g/mol. The molecule has 4 aliphatic rings. The van der Waals surface area contributed by atoms with Crippen LogP contribution in [0.3, 0.4) is 0 Å². The van der Waals surface area contributed by atoms with Gasteiger partial charge in [-0.3, -0.25) is 47.9 Å². The standard InChI is InChI=1S/C57H94N12O25S3/c1-21(2)15-30(66-50(84)29(62-25(6)73)12-13-37(76)77)51(85)61-22(3)49(83)67-39(24(5)89-55-40(63-26(7)95)46(81)43(78)32(18-70)91-55)54(88)68-38(53(87)60-17-36(75)69-14-10-11-31(69)52(86)59-16-35(58)74)23(4)90-57-42(65-28(9)97)48(45(80)34(20-72)93-57)94-56-41(64-27(8)96)47(82)44(79)33(19-71)92-56/h21-24,29-34,38-48,55-57,70-72,78-82H,10-20H2,1-9H3,(H2,58,74)(H,59,86)(H,60,87)(H,61,85)(H,62,73)(H,63,95)(H,64,96)(H,65,97)(H,66,84)(H,67,83)(H,68,88)(H,76,77)/t22-,23+,24+,29-,30-,31-,32+,33+,34+,38-,39-,40+,41+,42+,43-,44-,45-,46+,47+,48+,55-,56+,57-/m0/s1. The molecule has 4 saturated heterocycles. The van der Waals surface area contributed by atoms with Crippen molar-refractivity contribution in [3.63, 3.8) is 0 Å². The largest absolute Gasteiger partial charge is 0.481 e. The number of aliphatic hydroxyl groups excluding tert-OH is 8. The number of thiocarbonyl (C=S) groups is 3. The van der Waals surface area contributed by atoms with E-state index in [1.165, 1.54) is 41.5 Å². The van der Waals surface area contributed by atoms with E-state index in [9.17, 15) is 89.1 Å². The van der Waals surface area contributed by atoms with Gasteiger partial charge >= 0.3 is 5.97 Å². The number of aliphatic carboxylic acids is 1. The van der Waals surface area contributed by atoms with Crippen molar-refractivity contribution < 1.29 is 122 Å². The van der Waals surface area contributed by atoms with Crippen molar-refractivity contribution in [3.8, 4) is 0 Å². The predicted molar refractivity (Wildman–Crippen MR) is 346 cm³/mol. The molecule has 40 heteroatoms. The number of amides is 9. The summed E-state index contributed by atoms with van der Waals surface area (Å²) in [6, 6.07) is -14.1. The average molecular weight is 1440 g/mol. The number of carbonyl (C=O) groups is 10. The normalized spacial score (nSPS) is 29.3. The number of rotatable bonds is 34. The fourth-order valence-electron chi connectivity index (χ4n) is 11.1. The number of aliphatic hydroxyl groups is 8. The summed E-state index contributed by atoms with van der Waals surface area (Å²) in [6.07, 6.45) is -24.2. The lowest BCUT2D eigenvalue weighted by atomic mass is 9.94. The third kappa shape index (κ3) is 24.3. The zero-order chi connectivity index (χ0) is 73.0. The van der Waals surface area contributed by atoms with Crippen molar-refractivity contribution in [3.05, 3.63) is 0 Å². The third-order valence-electron chi connectivity index (χ3n) is 16.0. The molecule has 0 spiro atoms. The first kappa shape index (κ1) is 83.2. The van der Waals surface area contributed by atoms with Gasteiger partial charge in [0.2, 0.25) is 53.2 Å². The number of nitrogens with one attached hydrogen (secondary N) is 10. The second-order valence-corrected chi connectivity index (χ2v) is 26.2. The first-order valence-corrected chi connectivity index (χ1v) is 32.5. The van der Waals surface area contributed by atoms with Gasteiger partial charge in [0.05, 0.1) is 60.1 Å². The van der Waals surface area contributed by atoms with Crippen LogP contribution in [-0.2, 0) is 76.4 Å². The SMILES string of the molecule is CC(=O)N[C@@H](CCC(=O)O)C(=O)N[C@@H](CC(C)C)C(=O)N[C@@H](C)C(=O)N[C@H](C(=O)N[C@H](C(=O)NCC(=O)N1CCC[C@H]1C(=O)NCC(N)=O)[C@@H](C)O[C@H]1O[C@H](CO)[C@H](O)[C@H](O[C@H]2O[C@H](CO)[C@H](O)[C@H](O)[C@H]2NC(C)=S)[C@H]1NC(C)=S)[C@@H](C)O[C@H]1O[C@H](CO)[C@H](O)[C@H](O)[C@H]1NC(C)=S.